The Balaban J connectivity index is 2.13. The van der Waals surface area contributed by atoms with E-state index in [0.717, 1.165) is 12.5 Å². The molecule has 0 saturated heterocycles. The van der Waals surface area contributed by atoms with E-state index in [1.54, 1.807) is 44.2 Å². The molecule has 0 aliphatic carbocycles. The van der Waals surface area contributed by atoms with Crippen LogP contribution in [0, 0.1) is 5.92 Å². The van der Waals surface area contributed by atoms with Gasteiger partial charge in [-0.15, -0.1) is 0 Å². The minimum absolute atomic E-state index is 0.219. The highest BCUT2D eigenvalue weighted by Gasteiger charge is 2.30. The van der Waals surface area contributed by atoms with Crippen LogP contribution in [0.4, 0.5) is 0 Å². The largest absolute Gasteiger partial charge is 0.344 e. The van der Waals surface area contributed by atoms with Crippen LogP contribution in [0.2, 0.25) is 0 Å². The van der Waals surface area contributed by atoms with E-state index in [1.807, 2.05) is 30.3 Å². The van der Waals surface area contributed by atoms with E-state index < -0.39 is 47.4 Å². The number of carbonyl (C=O) groups excluding carboxylic acids is 5. The summed E-state index contributed by atoms with van der Waals surface area (Å²) in [7, 11) is 0. The second kappa shape index (κ2) is 12.4. The van der Waals surface area contributed by atoms with Gasteiger partial charge in [-0.3, -0.25) is 24.0 Å². The highest BCUT2D eigenvalue weighted by atomic mass is 16.2. The summed E-state index contributed by atoms with van der Waals surface area (Å²) in [5.74, 6) is -3.22. The number of hydrogen-bond acceptors (Lipinski definition) is 5. The summed E-state index contributed by atoms with van der Waals surface area (Å²) in [6.07, 6.45) is 0.219. The maximum Gasteiger partial charge on any atom is 0.251 e. The molecule has 3 atom stereocenters. The summed E-state index contributed by atoms with van der Waals surface area (Å²) in [5.41, 5.74) is 1.24. The molecule has 0 aromatic heterocycles. The van der Waals surface area contributed by atoms with Crippen molar-refractivity contribution < 1.29 is 24.0 Å². The molecule has 2 aromatic carbocycles. The van der Waals surface area contributed by atoms with Crippen LogP contribution in [0.3, 0.4) is 0 Å². The smallest absolute Gasteiger partial charge is 0.251 e. The second-order valence-corrected chi connectivity index (χ2v) is 8.46. The first kappa shape index (κ1) is 26.4. The van der Waals surface area contributed by atoms with Crippen molar-refractivity contribution in [2.24, 2.45) is 5.92 Å². The van der Waals surface area contributed by atoms with Crippen LogP contribution in [-0.2, 0) is 25.6 Å². The summed E-state index contributed by atoms with van der Waals surface area (Å²) in [6.45, 7) is 6.05. The molecule has 0 saturated carbocycles. The number of amides is 3. The summed E-state index contributed by atoms with van der Waals surface area (Å²) < 4.78 is 0. The molecule has 0 fully saturated rings. The van der Waals surface area contributed by atoms with E-state index in [9.17, 15) is 24.0 Å². The normalized spacial score (nSPS) is 13.3. The lowest BCUT2D eigenvalue weighted by atomic mass is 9.97. The fraction of sp³-hybridized carbons (Fsp3) is 0.346. The summed E-state index contributed by atoms with van der Waals surface area (Å²) in [5, 5.41) is 7.89. The lowest BCUT2D eigenvalue weighted by molar-refractivity contribution is -0.139. The Morgan fingerprint density at radius 3 is 1.82 bits per heavy atom. The number of Topliss-reactive ketones (excluding diaryl/α,β-unsaturated/α-hetero) is 2. The Morgan fingerprint density at radius 1 is 0.735 bits per heavy atom. The molecule has 0 bridgehead atoms. The van der Waals surface area contributed by atoms with E-state index in [4.69, 9.17) is 0 Å². The van der Waals surface area contributed by atoms with E-state index in [-0.39, 0.29) is 12.3 Å². The Labute approximate surface area is 199 Å². The maximum atomic E-state index is 13.1. The van der Waals surface area contributed by atoms with Gasteiger partial charge in [0.25, 0.3) is 5.91 Å². The Kier molecular flexibility index (Phi) is 9.67. The molecule has 3 amide bonds. The predicted molar refractivity (Wildman–Crippen MR) is 128 cm³/mol. The average molecular weight is 466 g/mol. The van der Waals surface area contributed by atoms with Crippen molar-refractivity contribution in [3.05, 3.63) is 71.8 Å². The zero-order valence-electron chi connectivity index (χ0n) is 19.8. The standard InChI is InChI=1S/C26H31N3O5/c1-16(2)22(23(31)18(4)30)29-24(32)17(3)27-26(34)21(15-19-11-7-5-8-12-19)28-25(33)20-13-9-6-10-14-20/h5-14,16-17,21-22H,15H2,1-4H3,(H,27,34)(H,28,33)(H,29,32)/t17-,21-,22-/m0/s1. The Hall–Kier alpha value is -3.81. The molecule has 34 heavy (non-hydrogen) atoms. The molecule has 0 heterocycles. The third-order valence-electron chi connectivity index (χ3n) is 5.29. The number of benzene rings is 2. The van der Waals surface area contributed by atoms with Gasteiger partial charge in [0.2, 0.25) is 17.6 Å². The summed E-state index contributed by atoms with van der Waals surface area (Å²) in [6, 6.07) is 14.8. The van der Waals surface area contributed by atoms with Gasteiger partial charge in [0.05, 0.1) is 6.04 Å². The van der Waals surface area contributed by atoms with E-state index in [1.165, 1.54) is 6.92 Å². The van der Waals surface area contributed by atoms with Gasteiger partial charge in [-0.2, -0.15) is 0 Å². The molecule has 8 nitrogen and oxygen atoms in total. The van der Waals surface area contributed by atoms with Crippen LogP contribution < -0.4 is 16.0 Å². The maximum absolute atomic E-state index is 13.1. The highest BCUT2D eigenvalue weighted by Crippen LogP contribution is 2.07. The minimum Gasteiger partial charge on any atom is -0.344 e. The van der Waals surface area contributed by atoms with Gasteiger partial charge in [0, 0.05) is 18.9 Å². The van der Waals surface area contributed by atoms with Crippen molar-refractivity contribution in [1.82, 2.24) is 16.0 Å². The van der Waals surface area contributed by atoms with Gasteiger partial charge in [-0.1, -0.05) is 62.4 Å². The van der Waals surface area contributed by atoms with Crippen LogP contribution in [0.25, 0.3) is 0 Å². The average Bonchev–Trinajstić information content (AvgIpc) is 2.82. The fourth-order valence-corrected chi connectivity index (χ4v) is 3.30. The first-order valence-corrected chi connectivity index (χ1v) is 11.2. The third kappa shape index (κ3) is 7.65. The van der Waals surface area contributed by atoms with E-state index in [0.29, 0.717) is 5.56 Å². The van der Waals surface area contributed by atoms with Crippen molar-refractivity contribution in [2.45, 2.75) is 52.2 Å². The number of rotatable bonds is 11. The first-order valence-electron chi connectivity index (χ1n) is 11.2. The summed E-state index contributed by atoms with van der Waals surface area (Å²) >= 11 is 0. The van der Waals surface area contributed by atoms with E-state index in [2.05, 4.69) is 16.0 Å². The molecular weight excluding hydrogens is 434 g/mol. The topological polar surface area (TPSA) is 121 Å². The molecule has 0 unspecified atom stereocenters. The Morgan fingerprint density at radius 2 is 1.29 bits per heavy atom. The van der Waals surface area contributed by atoms with Crippen molar-refractivity contribution in [2.75, 3.05) is 0 Å². The molecular formula is C26H31N3O5. The number of ketones is 2. The minimum atomic E-state index is -1.000. The molecule has 3 N–H and O–H groups in total. The zero-order chi connectivity index (χ0) is 25.3. The van der Waals surface area contributed by atoms with Crippen LogP contribution in [0.1, 0.15) is 43.6 Å². The van der Waals surface area contributed by atoms with Gasteiger partial charge in [0.1, 0.15) is 12.1 Å². The van der Waals surface area contributed by atoms with Crippen molar-refractivity contribution in [3.8, 4) is 0 Å². The highest BCUT2D eigenvalue weighted by molar-refractivity contribution is 6.38. The number of nitrogens with one attached hydrogen (secondary N) is 3. The lowest BCUT2D eigenvalue weighted by Crippen LogP contribution is -2.56. The van der Waals surface area contributed by atoms with Crippen LogP contribution in [-0.4, -0.2) is 47.4 Å². The zero-order valence-corrected chi connectivity index (χ0v) is 19.8. The molecule has 180 valence electrons. The van der Waals surface area contributed by atoms with Crippen molar-refractivity contribution >= 4 is 29.3 Å². The van der Waals surface area contributed by atoms with Gasteiger partial charge in [-0.05, 0) is 30.5 Å². The molecule has 8 heteroatoms. The first-order chi connectivity index (χ1) is 16.1. The van der Waals surface area contributed by atoms with Crippen molar-refractivity contribution in [3.63, 3.8) is 0 Å². The number of carbonyl (C=O) groups is 5. The van der Waals surface area contributed by atoms with E-state index >= 15 is 0 Å². The second-order valence-electron chi connectivity index (χ2n) is 8.46. The number of hydrogen-bond donors (Lipinski definition) is 3. The van der Waals surface area contributed by atoms with Crippen LogP contribution >= 0.6 is 0 Å². The van der Waals surface area contributed by atoms with Crippen LogP contribution in [0.15, 0.2) is 60.7 Å². The van der Waals surface area contributed by atoms with Crippen molar-refractivity contribution in [1.29, 1.82) is 0 Å². The summed E-state index contributed by atoms with van der Waals surface area (Å²) in [4.78, 5) is 62.0. The van der Waals surface area contributed by atoms with Gasteiger partial charge < -0.3 is 16.0 Å². The van der Waals surface area contributed by atoms with Gasteiger partial charge >= 0.3 is 0 Å². The SMILES string of the molecule is CC(=O)C(=O)[C@@H](NC(=O)[C@H](C)NC(=O)[C@H](Cc1ccccc1)NC(=O)c1ccccc1)C(C)C. The Bertz CT molecular complexity index is 1020. The monoisotopic (exact) mass is 465 g/mol. The molecule has 0 radical (unpaired) electrons. The quantitative estimate of drug-likeness (QED) is 0.437. The fourth-order valence-electron chi connectivity index (χ4n) is 3.30. The molecule has 0 aliphatic heterocycles. The lowest BCUT2D eigenvalue weighted by Gasteiger charge is -2.24. The van der Waals surface area contributed by atoms with Crippen LogP contribution in [0.5, 0.6) is 0 Å². The molecule has 0 spiro atoms. The third-order valence-corrected chi connectivity index (χ3v) is 5.29. The molecule has 2 aromatic rings. The molecule has 0 aliphatic rings. The predicted octanol–water partition coefficient (Wildman–Crippen LogP) is 1.83. The molecule has 2 rings (SSSR count). The van der Waals surface area contributed by atoms with Gasteiger partial charge in [-0.25, -0.2) is 0 Å². The van der Waals surface area contributed by atoms with Gasteiger partial charge in [0.15, 0.2) is 5.78 Å².